The molecule has 0 radical (unpaired) electrons. The van der Waals surface area contributed by atoms with Crippen LogP contribution in [-0.4, -0.2) is 45.9 Å². The molecule has 3 fully saturated rings. The highest BCUT2D eigenvalue weighted by Gasteiger charge is 2.65. The molecule has 164 valence electrons. The zero-order chi connectivity index (χ0) is 22.1. The molecule has 3 N–H and O–H groups in total. The van der Waals surface area contributed by atoms with Crippen LogP contribution in [0.2, 0.25) is 0 Å². The Morgan fingerprint density at radius 1 is 1.17 bits per heavy atom. The van der Waals surface area contributed by atoms with Crippen LogP contribution in [0.3, 0.4) is 0 Å². The molecule has 30 heavy (non-hydrogen) atoms. The Balaban J connectivity index is 1.73. The predicted molar refractivity (Wildman–Crippen MR) is 105 cm³/mol. The summed E-state index contributed by atoms with van der Waals surface area (Å²) in [7, 11) is 1.25. The van der Waals surface area contributed by atoms with Crippen molar-refractivity contribution in [2.75, 3.05) is 7.11 Å². The van der Waals surface area contributed by atoms with Crippen LogP contribution < -0.4 is 0 Å². The molecule has 1 unspecified atom stereocenters. The van der Waals surface area contributed by atoms with Gasteiger partial charge < -0.3 is 20.1 Å². The number of Topliss-reactive ketones (excluding diaryl/α,β-unsaturated/α-hetero) is 1. The standard InChI is InChI=1S/C23H30O7/c1-21-8-6-13(24)10-12(21)4-5-14-16(21)7-9-22(2)17(14)11-15(20(26)30-3)18(22)19(25)23(27,28)29/h6,8,10,14-18,27-29H,4-5,7,9,11H2,1-3H3/t14-,15?,16+,17+,18-,21+,22+/m1/s1. The number of methoxy groups -OCH3 is 1. The fourth-order valence-electron chi connectivity index (χ4n) is 7.32. The molecule has 4 rings (SSSR count). The zero-order valence-electron chi connectivity index (χ0n) is 17.6. The minimum absolute atomic E-state index is 0.000975. The first-order valence-corrected chi connectivity index (χ1v) is 10.7. The third kappa shape index (κ3) is 2.93. The van der Waals surface area contributed by atoms with E-state index in [1.165, 1.54) is 7.11 Å². The molecule has 3 saturated carbocycles. The fraction of sp³-hybridized carbons (Fsp3) is 0.696. The summed E-state index contributed by atoms with van der Waals surface area (Å²) in [6.07, 6.45) is 8.85. The number of aliphatic hydroxyl groups is 3. The van der Waals surface area contributed by atoms with E-state index in [-0.39, 0.29) is 29.0 Å². The van der Waals surface area contributed by atoms with Gasteiger partial charge in [-0.3, -0.25) is 14.4 Å². The van der Waals surface area contributed by atoms with Crippen LogP contribution in [0.25, 0.3) is 0 Å². The van der Waals surface area contributed by atoms with Crippen molar-refractivity contribution in [1.29, 1.82) is 0 Å². The van der Waals surface area contributed by atoms with E-state index < -0.39 is 35.0 Å². The number of hydrogen-bond donors (Lipinski definition) is 3. The number of ether oxygens (including phenoxy) is 1. The summed E-state index contributed by atoms with van der Waals surface area (Å²) in [5.41, 5.74) is 0.271. The first-order valence-electron chi connectivity index (χ1n) is 10.7. The topological polar surface area (TPSA) is 121 Å². The SMILES string of the molecule is COC(=O)C1C[C@H]2[C@@H]3CCC4=CC(=O)C=C[C@]4(C)[C@H]3CC[C@]2(C)[C@H]1C(=O)C(O)(O)O. The summed E-state index contributed by atoms with van der Waals surface area (Å²) in [4.78, 5) is 37.3. The van der Waals surface area contributed by atoms with Crippen LogP contribution in [0.5, 0.6) is 0 Å². The molecule has 4 aliphatic carbocycles. The van der Waals surface area contributed by atoms with E-state index in [9.17, 15) is 29.7 Å². The first kappa shape index (κ1) is 21.4. The Morgan fingerprint density at radius 2 is 1.87 bits per heavy atom. The van der Waals surface area contributed by atoms with E-state index in [2.05, 4.69) is 6.92 Å². The maximum Gasteiger partial charge on any atom is 0.339 e. The fourth-order valence-corrected chi connectivity index (χ4v) is 7.32. The summed E-state index contributed by atoms with van der Waals surface area (Å²) in [5.74, 6) is -6.51. The molecule has 0 saturated heterocycles. The van der Waals surface area contributed by atoms with Crippen molar-refractivity contribution >= 4 is 17.5 Å². The Hall–Kier alpha value is -1.83. The number of carbonyl (C=O) groups is 3. The van der Waals surface area contributed by atoms with Crippen LogP contribution >= 0.6 is 0 Å². The van der Waals surface area contributed by atoms with Gasteiger partial charge in [-0.05, 0) is 67.4 Å². The van der Waals surface area contributed by atoms with Crippen molar-refractivity contribution < 1.29 is 34.4 Å². The Labute approximate surface area is 175 Å². The van der Waals surface area contributed by atoms with E-state index in [1.54, 1.807) is 12.2 Å². The minimum Gasteiger partial charge on any atom is -0.469 e. The second-order valence-corrected chi connectivity index (χ2v) is 9.99. The maximum absolute atomic E-state index is 12.8. The molecule has 0 aromatic carbocycles. The van der Waals surface area contributed by atoms with Gasteiger partial charge in [-0.2, -0.15) is 0 Å². The average molecular weight is 418 g/mol. The summed E-state index contributed by atoms with van der Waals surface area (Å²) in [6, 6.07) is 0. The van der Waals surface area contributed by atoms with Crippen molar-refractivity contribution in [3.63, 3.8) is 0 Å². The van der Waals surface area contributed by atoms with Crippen molar-refractivity contribution in [2.45, 2.75) is 51.9 Å². The van der Waals surface area contributed by atoms with Crippen LogP contribution in [0.1, 0.15) is 46.0 Å². The number of hydrogen-bond acceptors (Lipinski definition) is 7. The molecule has 0 aliphatic heterocycles. The minimum atomic E-state index is -3.48. The lowest BCUT2D eigenvalue weighted by Gasteiger charge is -2.56. The summed E-state index contributed by atoms with van der Waals surface area (Å²) in [6.45, 7) is 4.09. The number of fused-ring (bicyclic) bond motifs is 5. The number of ketones is 2. The molecular formula is C23H30O7. The van der Waals surface area contributed by atoms with Gasteiger partial charge in [0, 0.05) is 11.3 Å². The van der Waals surface area contributed by atoms with E-state index in [0.29, 0.717) is 12.8 Å². The van der Waals surface area contributed by atoms with Gasteiger partial charge >= 0.3 is 11.9 Å². The lowest BCUT2D eigenvalue weighted by molar-refractivity contribution is -0.292. The van der Waals surface area contributed by atoms with Crippen molar-refractivity contribution in [1.82, 2.24) is 0 Å². The van der Waals surface area contributed by atoms with Crippen LogP contribution in [0.4, 0.5) is 0 Å². The summed E-state index contributed by atoms with van der Waals surface area (Å²) >= 11 is 0. The molecule has 7 heteroatoms. The van der Waals surface area contributed by atoms with Crippen molar-refractivity contribution in [2.24, 2.45) is 40.4 Å². The number of esters is 1. The highest BCUT2D eigenvalue weighted by atomic mass is 16.7. The molecule has 7 nitrogen and oxygen atoms in total. The van der Waals surface area contributed by atoms with Crippen LogP contribution in [0, 0.1) is 40.4 Å². The van der Waals surface area contributed by atoms with Gasteiger partial charge in [-0.15, -0.1) is 0 Å². The average Bonchev–Trinajstić information content (AvgIpc) is 2.99. The van der Waals surface area contributed by atoms with Gasteiger partial charge in [-0.1, -0.05) is 25.5 Å². The number of rotatable bonds is 3. The second-order valence-electron chi connectivity index (χ2n) is 9.99. The first-order chi connectivity index (χ1) is 13.9. The molecule has 0 heterocycles. The van der Waals surface area contributed by atoms with E-state index in [0.717, 1.165) is 24.8 Å². The van der Waals surface area contributed by atoms with Gasteiger partial charge in [0.25, 0.3) is 0 Å². The van der Waals surface area contributed by atoms with Gasteiger partial charge in [0.2, 0.25) is 5.78 Å². The molecule has 4 aliphatic rings. The quantitative estimate of drug-likeness (QED) is 0.469. The summed E-state index contributed by atoms with van der Waals surface area (Å²) in [5, 5.41) is 28.9. The number of carbonyl (C=O) groups excluding carboxylic acids is 3. The van der Waals surface area contributed by atoms with Crippen LogP contribution in [-0.2, 0) is 19.1 Å². The smallest absolute Gasteiger partial charge is 0.339 e. The second kappa shape index (κ2) is 6.84. The van der Waals surface area contributed by atoms with Crippen molar-refractivity contribution in [3.8, 4) is 0 Å². The Morgan fingerprint density at radius 3 is 2.50 bits per heavy atom. The Bertz CT molecular complexity index is 850. The third-order valence-electron chi connectivity index (χ3n) is 8.73. The maximum atomic E-state index is 12.8. The third-order valence-corrected chi connectivity index (χ3v) is 8.73. The highest BCUT2D eigenvalue weighted by molar-refractivity contribution is 6.01. The lowest BCUT2D eigenvalue weighted by Crippen LogP contribution is -2.53. The van der Waals surface area contributed by atoms with Crippen LogP contribution in [0.15, 0.2) is 23.8 Å². The largest absolute Gasteiger partial charge is 0.469 e. The monoisotopic (exact) mass is 418 g/mol. The highest BCUT2D eigenvalue weighted by Crippen LogP contribution is 2.67. The van der Waals surface area contributed by atoms with Gasteiger partial charge in [0.1, 0.15) is 0 Å². The van der Waals surface area contributed by atoms with E-state index in [4.69, 9.17) is 4.74 Å². The molecule has 0 aromatic heterocycles. The number of allylic oxidation sites excluding steroid dienone is 4. The van der Waals surface area contributed by atoms with Gasteiger partial charge in [0.05, 0.1) is 13.0 Å². The predicted octanol–water partition coefficient (Wildman–Crippen LogP) is 1.51. The van der Waals surface area contributed by atoms with Gasteiger partial charge in [-0.25, -0.2) is 0 Å². The summed E-state index contributed by atoms with van der Waals surface area (Å²) < 4.78 is 4.94. The molecular weight excluding hydrogens is 388 g/mol. The molecule has 0 spiro atoms. The van der Waals surface area contributed by atoms with E-state index >= 15 is 0 Å². The molecule has 0 aromatic rings. The normalized spacial score (nSPS) is 42.7. The molecule has 7 atom stereocenters. The zero-order valence-corrected chi connectivity index (χ0v) is 17.6. The Kier molecular flexibility index (Phi) is 4.88. The molecule has 0 bridgehead atoms. The molecule has 0 amide bonds. The lowest BCUT2D eigenvalue weighted by atomic mass is 9.47. The van der Waals surface area contributed by atoms with Gasteiger partial charge in [0.15, 0.2) is 5.78 Å². The van der Waals surface area contributed by atoms with E-state index in [1.807, 2.05) is 13.0 Å². The van der Waals surface area contributed by atoms with Crippen molar-refractivity contribution in [3.05, 3.63) is 23.8 Å².